The molecule has 7 rings (SSSR count). The summed E-state index contributed by atoms with van der Waals surface area (Å²) in [4.78, 5) is 0. The predicted octanol–water partition coefficient (Wildman–Crippen LogP) is 10.2. The first-order chi connectivity index (χ1) is 18.6. The van der Waals surface area contributed by atoms with Gasteiger partial charge in [-0.3, -0.25) is 0 Å². The van der Waals surface area contributed by atoms with Crippen LogP contribution in [0.15, 0.2) is 133 Å². The van der Waals surface area contributed by atoms with Crippen molar-refractivity contribution in [1.29, 1.82) is 0 Å². The maximum absolute atomic E-state index is 3.78. The zero-order valence-electron chi connectivity index (χ0n) is 21.7. The minimum absolute atomic E-state index is 0.0237. The molecule has 1 nitrogen and oxygen atoms in total. The second-order valence-electron chi connectivity index (χ2n) is 10.7. The Morgan fingerprint density at radius 3 is 2.08 bits per heavy atom. The van der Waals surface area contributed by atoms with Crippen molar-refractivity contribution < 1.29 is 0 Å². The highest BCUT2D eigenvalue weighted by molar-refractivity contribution is 5.98. The molecular weight excluding hydrogens is 458 g/mol. The van der Waals surface area contributed by atoms with Crippen LogP contribution in [-0.2, 0) is 5.41 Å². The van der Waals surface area contributed by atoms with E-state index in [1.54, 1.807) is 0 Å². The highest BCUT2D eigenvalue weighted by Gasteiger charge is 2.35. The summed E-state index contributed by atoms with van der Waals surface area (Å²) in [6, 6.07) is 48.3. The molecule has 0 saturated heterocycles. The van der Waals surface area contributed by atoms with Gasteiger partial charge in [-0.05, 0) is 74.0 Å². The van der Waals surface area contributed by atoms with Gasteiger partial charge in [0.1, 0.15) is 0 Å². The fourth-order valence-corrected chi connectivity index (χ4v) is 6.09. The smallest absolute Gasteiger partial charge is 0.0464 e. The van der Waals surface area contributed by atoms with Crippen LogP contribution in [0.2, 0.25) is 0 Å². The number of nitrogens with one attached hydrogen (secondary N) is 1. The molecule has 0 aromatic heterocycles. The van der Waals surface area contributed by atoms with Crippen LogP contribution in [0.1, 0.15) is 25.0 Å². The minimum Gasteiger partial charge on any atom is -0.355 e. The molecule has 0 bridgehead atoms. The summed E-state index contributed by atoms with van der Waals surface area (Å²) >= 11 is 0. The molecule has 182 valence electrons. The van der Waals surface area contributed by atoms with Gasteiger partial charge < -0.3 is 5.32 Å². The zero-order chi connectivity index (χ0) is 25.7. The zero-order valence-corrected chi connectivity index (χ0v) is 21.7. The Balaban J connectivity index is 1.33. The van der Waals surface area contributed by atoms with Gasteiger partial charge in [0.2, 0.25) is 0 Å². The number of rotatable bonds is 4. The van der Waals surface area contributed by atoms with Crippen molar-refractivity contribution in [2.24, 2.45) is 0 Å². The third kappa shape index (κ3) is 3.63. The Hall–Kier alpha value is -4.62. The van der Waals surface area contributed by atoms with Crippen molar-refractivity contribution in [3.63, 3.8) is 0 Å². The Labute approximate surface area is 224 Å². The summed E-state index contributed by atoms with van der Waals surface area (Å²) in [5.74, 6) is 0. The van der Waals surface area contributed by atoms with Crippen LogP contribution in [0.25, 0.3) is 44.2 Å². The van der Waals surface area contributed by atoms with Gasteiger partial charge in [-0.15, -0.1) is 0 Å². The third-order valence-electron chi connectivity index (χ3n) is 8.07. The van der Waals surface area contributed by atoms with E-state index in [4.69, 9.17) is 0 Å². The first-order valence-electron chi connectivity index (χ1n) is 13.3. The van der Waals surface area contributed by atoms with Crippen LogP contribution in [-0.4, -0.2) is 0 Å². The molecule has 0 spiro atoms. The van der Waals surface area contributed by atoms with Gasteiger partial charge in [-0.1, -0.05) is 123 Å². The van der Waals surface area contributed by atoms with Crippen molar-refractivity contribution >= 4 is 22.1 Å². The lowest BCUT2D eigenvalue weighted by molar-refractivity contribution is 0.660. The van der Waals surface area contributed by atoms with Crippen molar-refractivity contribution in [1.82, 2.24) is 0 Å². The Bertz CT molecular complexity index is 1810. The van der Waals surface area contributed by atoms with Gasteiger partial charge in [-0.2, -0.15) is 0 Å². The molecule has 1 heteroatoms. The SMILES string of the molecule is CC1(C)c2ccccc2-c2ccc(Nc3ccc(-c4cccc5ccccc45)cc3-c3ccccc3)cc21. The molecule has 0 aliphatic heterocycles. The predicted molar refractivity (Wildman–Crippen MR) is 162 cm³/mol. The standard InChI is InChI=1S/C37H29N/c1-37(2)34-18-9-8-16-31(34)32-21-20-28(24-35(32)37)38-36-22-19-27(23-33(36)26-11-4-3-5-12-26)30-17-10-14-25-13-6-7-15-29(25)30/h3-24,38H,1-2H3. The summed E-state index contributed by atoms with van der Waals surface area (Å²) in [6.07, 6.45) is 0. The Morgan fingerprint density at radius 1 is 0.474 bits per heavy atom. The molecule has 0 fully saturated rings. The van der Waals surface area contributed by atoms with Crippen molar-refractivity contribution in [3.05, 3.63) is 145 Å². The molecule has 0 heterocycles. The van der Waals surface area contributed by atoms with Gasteiger partial charge in [0.15, 0.2) is 0 Å². The van der Waals surface area contributed by atoms with Crippen molar-refractivity contribution in [2.45, 2.75) is 19.3 Å². The molecule has 6 aromatic carbocycles. The quantitative estimate of drug-likeness (QED) is 0.261. The van der Waals surface area contributed by atoms with E-state index in [1.165, 1.54) is 55.3 Å². The first kappa shape index (κ1) is 22.6. The molecule has 0 amide bonds. The van der Waals surface area contributed by atoms with E-state index in [0.29, 0.717) is 0 Å². The molecule has 0 saturated carbocycles. The van der Waals surface area contributed by atoms with E-state index < -0.39 is 0 Å². The first-order valence-corrected chi connectivity index (χ1v) is 13.3. The summed E-state index contributed by atoms with van der Waals surface area (Å²) in [6.45, 7) is 4.66. The van der Waals surface area contributed by atoms with E-state index in [9.17, 15) is 0 Å². The molecule has 38 heavy (non-hydrogen) atoms. The minimum atomic E-state index is -0.0237. The summed E-state index contributed by atoms with van der Waals surface area (Å²) in [7, 11) is 0. The normalized spacial score (nSPS) is 13.2. The van der Waals surface area contributed by atoms with E-state index in [1.807, 2.05) is 0 Å². The number of hydrogen-bond acceptors (Lipinski definition) is 1. The monoisotopic (exact) mass is 487 g/mol. The van der Waals surface area contributed by atoms with E-state index in [-0.39, 0.29) is 5.41 Å². The van der Waals surface area contributed by atoms with Gasteiger partial charge in [0.25, 0.3) is 0 Å². The second kappa shape index (κ2) is 8.75. The number of benzene rings is 6. The highest BCUT2D eigenvalue weighted by Crippen LogP contribution is 2.49. The van der Waals surface area contributed by atoms with E-state index >= 15 is 0 Å². The molecule has 1 N–H and O–H groups in total. The average molecular weight is 488 g/mol. The van der Waals surface area contributed by atoms with Crippen LogP contribution >= 0.6 is 0 Å². The fourth-order valence-electron chi connectivity index (χ4n) is 6.09. The van der Waals surface area contributed by atoms with Gasteiger partial charge in [0.05, 0.1) is 0 Å². The maximum Gasteiger partial charge on any atom is 0.0464 e. The fraction of sp³-hybridized carbons (Fsp3) is 0.0811. The van der Waals surface area contributed by atoms with Gasteiger partial charge in [-0.25, -0.2) is 0 Å². The second-order valence-corrected chi connectivity index (χ2v) is 10.7. The summed E-state index contributed by atoms with van der Waals surface area (Å²) in [5.41, 5.74) is 12.5. The van der Waals surface area contributed by atoms with Crippen LogP contribution in [0.5, 0.6) is 0 Å². The van der Waals surface area contributed by atoms with E-state index in [2.05, 4.69) is 153 Å². The average Bonchev–Trinajstić information content (AvgIpc) is 3.19. The van der Waals surface area contributed by atoms with Gasteiger partial charge >= 0.3 is 0 Å². The van der Waals surface area contributed by atoms with Crippen LogP contribution in [0, 0.1) is 0 Å². The Kier molecular flexibility index (Phi) is 5.19. The third-order valence-corrected chi connectivity index (χ3v) is 8.07. The number of fused-ring (bicyclic) bond motifs is 4. The highest BCUT2D eigenvalue weighted by atomic mass is 14.9. The molecule has 6 aromatic rings. The lowest BCUT2D eigenvalue weighted by atomic mass is 9.82. The molecule has 0 atom stereocenters. The Morgan fingerprint density at radius 2 is 1.18 bits per heavy atom. The largest absolute Gasteiger partial charge is 0.355 e. The number of hydrogen-bond donors (Lipinski definition) is 1. The summed E-state index contributed by atoms with van der Waals surface area (Å²) in [5, 5.41) is 6.31. The lowest BCUT2D eigenvalue weighted by Gasteiger charge is -2.22. The summed E-state index contributed by atoms with van der Waals surface area (Å²) < 4.78 is 0. The topological polar surface area (TPSA) is 12.0 Å². The maximum atomic E-state index is 3.78. The molecule has 0 unspecified atom stereocenters. The molecule has 1 aliphatic carbocycles. The van der Waals surface area contributed by atoms with Crippen LogP contribution in [0.4, 0.5) is 11.4 Å². The van der Waals surface area contributed by atoms with Crippen LogP contribution < -0.4 is 5.32 Å². The van der Waals surface area contributed by atoms with E-state index in [0.717, 1.165) is 11.4 Å². The van der Waals surface area contributed by atoms with Crippen molar-refractivity contribution in [2.75, 3.05) is 5.32 Å². The van der Waals surface area contributed by atoms with Crippen LogP contribution in [0.3, 0.4) is 0 Å². The van der Waals surface area contributed by atoms with Gasteiger partial charge in [0, 0.05) is 22.4 Å². The number of anilines is 2. The van der Waals surface area contributed by atoms with Crippen molar-refractivity contribution in [3.8, 4) is 33.4 Å². The lowest BCUT2D eigenvalue weighted by Crippen LogP contribution is -2.15. The molecule has 0 radical (unpaired) electrons. The molecular formula is C37H29N. The molecule has 1 aliphatic rings.